The summed E-state index contributed by atoms with van der Waals surface area (Å²) in [6.45, 7) is 1.18. The first-order valence-electron chi connectivity index (χ1n) is 6.45. The van der Waals surface area contributed by atoms with Crippen LogP contribution in [0.15, 0.2) is 12.2 Å². The number of hydrogen-bond acceptors (Lipinski definition) is 2. The van der Waals surface area contributed by atoms with E-state index in [0.717, 1.165) is 19.3 Å². The van der Waals surface area contributed by atoms with Crippen molar-refractivity contribution in [3.8, 4) is 0 Å². The van der Waals surface area contributed by atoms with Crippen LogP contribution in [0.5, 0.6) is 0 Å². The van der Waals surface area contributed by atoms with Gasteiger partial charge in [0.15, 0.2) is 0 Å². The van der Waals surface area contributed by atoms with E-state index in [4.69, 9.17) is 5.11 Å². The normalized spacial score (nSPS) is 18.4. The molecule has 0 radical (unpaired) electrons. The average molecular weight is 254 g/mol. The molecule has 0 spiro atoms. The SMILES string of the molecule is CN(CCCC(=O)O)C(=O)NCC1CC=CCC1. The number of allylic oxidation sites excluding steroid dienone is 2. The van der Waals surface area contributed by atoms with Crippen molar-refractivity contribution < 1.29 is 14.7 Å². The molecule has 2 N–H and O–H groups in total. The zero-order valence-electron chi connectivity index (χ0n) is 10.9. The monoisotopic (exact) mass is 254 g/mol. The van der Waals surface area contributed by atoms with Gasteiger partial charge in [0.1, 0.15) is 0 Å². The van der Waals surface area contributed by atoms with Crippen LogP contribution in [0.3, 0.4) is 0 Å². The summed E-state index contributed by atoms with van der Waals surface area (Å²) in [6, 6.07) is -0.116. The summed E-state index contributed by atoms with van der Waals surface area (Å²) in [6.07, 6.45) is 8.18. The van der Waals surface area contributed by atoms with Gasteiger partial charge in [0.2, 0.25) is 0 Å². The number of nitrogens with zero attached hydrogens (tertiary/aromatic N) is 1. The zero-order chi connectivity index (χ0) is 13.4. The minimum Gasteiger partial charge on any atom is -0.481 e. The highest BCUT2D eigenvalue weighted by Crippen LogP contribution is 2.16. The molecule has 0 aliphatic heterocycles. The van der Waals surface area contributed by atoms with Crippen molar-refractivity contribution in [2.45, 2.75) is 32.1 Å². The number of amides is 2. The molecule has 0 bridgehead atoms. The molecule has 0 saturated heterocycles. The fourth-order valence-electron chi connectivity index (χ4n) is 1.98. The van der Waals surface area contributed by atoms with Crippen LogP contribution in [-0.4, -0.2) is 42.1 Å². The summed E-state index contributed by atoms with van der Waals surface area (Å²) in [5, 5.41) is 11.4. The second-order valence-corrected chi connectivity index (χ2v) is 4.76. The molecule has 0 saturated carbocycles. The largest absolute Gasteiger partial charge is 0.481 e. The van der Waals surface area contributed by atoms with Gasteiger partial charge in [-0.1, -0.05) is 12.2 Å². The smallest absolute Gasteiger partial charge is 0.317 e. The first kappa shape index (κ1) is 14.5. The summed E-state index contributed by atoms with van der Waals surface area (Å²) in [5.74, 6) is -0.288. The Hall–Kier alpha value is -1.52. The number of carbonyl (C=O) groups is 2. The van der Waals surface area contributed by atoms with Gasteiger partial charge >= 0.3 is 12.0 Å². The lowest BCUT2D eigenvalue weighted by Crippen LogP contribution is -2.40. The van der Waals surface area contributed by atoms with Crippen LogP contribution in [-0.2, 0) is 4.79 Å². The molecule has 5 heteroatoms. The van der Waals surface area contributed by atoms with Gasteiger partial charge < -0.3 is 15.3 Å². The minimum absolute atomic E-state index is 0.102. The van der Waals surface area contributed by atoms with E-state index >= 15 is 0 Å². The number of rotatable bonds is 6. The van der Waals surface area contributed by atoms with Crippen LogP contribution in [0.4, 0.5) is 4.79 Å². The minimum atomic E-state index is -0.821. The first-order valence-corrected chi connectivity index (χ1v) is 6.45. The van der Waals surface area contributed by atoms with Crippen LogP contribution in [0.1, 0.15) is 32.1 Å². The van der Waals surface area contributed by atoms with Gasteiger partial charge in [0.25, 0.3) is 0 Å². The van der Waals surface area contributed by atoms with Crippen molar-refractivity contribution >= 4 is 12.0 Å². The third-order valence-electron chi connectivity index (χ3n) is 3.15. The van der Waals surface area contributed by atoms with E-state index in [0.29, 0.717) is 25.4 Å². The molecular formula is C13H22N2O3. The molecule has 0 aromatic heterocycles. The van der Waals surface area contributed by atoms with E-state index in [1.165, 1.54) is 0 Å². The number of urea groups is 1. The van der Waals surface area contributed by atoms with Gasteiger partial charge in [-0.15, -0.1) is 0 Å². The number of hydrogen-bond donors (Lipinski definition) is 2. The average Bonchev–Trinajstić information content (AvgIpc) is 2.36. The summed E-state index contributed by atoms with van der Waals surface area (Å²) in [5.41, 5.74) is 0. The highest BCUT2D eigenvalue weighted by Gasteiger charge is 2.13. The Bertz CT molecular complexity index is 315. The highest BCUT2D eigenvalue weighted by molar-refractivity contribution is 5.73. The molecule has 0 aromatic rings. The van der Waals surface area contributed by atoms with E-state index in [1.54, 1.807) is 11.9 Å². The van der Waals surface area contributed by atoms with Gasteiger partial charge in [-0.3, -0.25) is 4.79 Å². The van der Waals surface area contributed by atoms with E-state index in [1.807, 2.05) is 0 Å². The van der Waals surface area contributed by atoms with E-state index < -0.39 is 5.97 Å². The fraction of sp³-hybridized carbons (Fsp3) is 0.692. The predicted molar refractivity (Wildman–Crippen MR) is 69.4 cm³/mol. The van der Waals surface area contributed by atoms with Crippen molar-refractivity contribution in [1.29, 1.82) is 0 Å². The molecule has 2 amide bonds. The third-order valence-corrected chi connectivity index (χ3v) is 3.15. The zero-order valence-corrected chi connectivity index (χ0v) is 10.9. The van der Waals surface area contributed by atoms with Crippen molar-refractivity contribution in [2.75, 3.05) is 20.1 Å². The summed E-state index contributed by atoms with van der Waals surface area (Å²) < 4.78 is 0. The quantitative estimate of drug-likeness (QED) is 0.711. The molecule has 1 aliphatic carbocycles. The molecule has 102 valence electrons. The second kappa shape index (κ2) is 7.74. The lowest BCUT2D eigenvalue weighted by Gasteiger charge is -2.21. The number of carbonyl (C=O) groups excluding carboxylic acids is 1. The summed E-state index contributed by atoms with van der Waals surface area (Å²) in [7, 11) is 1.69. The number of aliphatic carboxylic acids is 1. The van der Waals surface area contributed by atoms with Crippen molar-refractivity contribution in [3.05, 3.63) is 12.2 Å². The second-order valence-electron chi connectivity index (χ2n) is 4.76. The standard InChI is InChI=1S/C13H22N2O3/c1-15(9-5-8-12(16)17)13(18)14-10-11-6-3-2-4-7-11/h2-3,11H,4-10H2,1H3,(H,14,18)(H,16,17). The molecular weight excluding hydrogens is 232 g/mol. The number of carboxylic acids is 1. The van der Waals surface area contributed by atoms with Gasteiger partial charge in [-0.25, -0.2) is 4.79 Å². The van der Waals surface area contributed by atoms with Crippen molar-refractivity contribution in [2.24, 2.45) is 5.92 Å². The third kappa shape index (κ3) is 5.70. The molecule has 5 nitrogen and oxygen atoms in total. The van der Waals surface area contributed by atoms with Crippen molar-refractivity contribution in [3.63, 3.8) is 0 Å². The Morgan fingerprint density at radius 2 is 2.22 bits per heavy atom. The number of carboxylic acid groups (broad SMARTS) is 1. The predicted octanol–water partition coefficient (Wildman–Crippen LogP) is 1.85. The van der Waals surface area contributed by atoms with E-state index in [9.17, 15) is 9.59 Å². The first-order chi connectivity index (χ1) is 8.59. The molecule has 0 aromatic carbocycles. The van der Waals surface area contributed by atoms with Crippen LogP contribution in [0.25, 0.3) is 0 Å². The van der Waals surface area contributed by atoms with Crippen LogP contribution in [0, 0.1) is 5.92 Å². The molecule has 18 heavy (non-hydrogen) atoms. The summed E-state index contributed by atoms with van der Waals surface area (Å²) >= 11 is 0. The van der Waals surface area contributed by atoms with Gasteiger partial charge in [-0.05, 0) is 31.6 Å². The van der Waals surface area contributed by atoms with Crippen molar-refractivity contribution in [1.82, 2.24) is 10.2 Å². The van der Waals surface area contributed by atoms with E-state index in [2.05, 4.69) is 17.5 Å². The molecule has 1 unspecified atom stereocenters. The Kier molecular flexibility index (Phi) is 6.25. The molecule has 0 fully saturated rings. The summed E-state index contributed by atoms with van der Waals surface area (Å²) in [4.78, 5) is 23.6. The Morgan fingerprint density at radius 3 is 2.83 bits per heavy atom. The van der Waals surface area contributed by atoms with Crippen LogP contribution in [0.2, 0.25) is 0 Å². The maximum atomic E-state index is 11.7. The highest BCUT2D eigenvalue weighted by atomic mass is 16.4. The molecule has 0 heterocycles. The Morgan fingerprint density at radius 1 is 1.44 bits per heavy atom. The van der Waals surface area contributed by atoms with Crippen LogP contribution >= 0.6 is 0 Å². The maximum Gasteiger partial charge on any atom is 0.317 e. The molecule has 1 atom stereocenters. The van der Waals surface area contributed by atoms with Gasteiger partial charge in [0.05, 0.1) is 0 Å². The maximum absolute atomic E-state index is 11.7. The molecule has 1 rings (SSSR count). The Labute approximate surface area is 108 Å². The topological polar surface area (TPSA) is 69.6 Å². The van der Waals surface area contributed by atoms with Crippen LogP contribution < -0.4 is 5.32 Å². The number of nitrogens with one attached hydrogen (secondary N) is 1. The Balaban J connectivity index is 2.14. The van der Waals surface area contributed by atoms with Gasteiger partial charge in [-0.2, -0.15) is 0 Å². The lowest BCUT2D eigenvalue weighted by molar-refractivity contribution is -0.137. The van der Waals surface area contributed by atoms with E-state index in [-0.39, 0.29) is 12.5 Å². The fourth-order valence-corrected chi connectivity index (χ4v) is 1.98. The lowest BCUT2D eigenvalue weighted by atomic mass is 9.94. The molecule has 1 aliphatic rings. The van der Waals surface area contributed by atoms with Gasteiger partial charge in [0, 0.05) is 26.6 Å².